The molecule has 1 aromatic rings. The Morgan fingerprint density at radius 2 is 2.10 bits per heavy atom. The van der Waals surface area contributed by atoms with Gasteiger partial charge in [0.1, 0.15) is 0 Å². The van der Waals surface area contributed by atoms with Gasteiger partial charge in [0.2, 0.25) is 0 Å². The maximum absolute atomic E-state index is 14.2. The zero-order valence-electron chi connectivity index (χ0n) is 13.0. The molecule has 0 aromatic carbocycles. The lowest BCUT2D eigenvalue weighted by Gasteiger charge is -2.34. The third kappa shape index (κ3) is 3.34. The van der Waals surface area contributed by atoms with Gasteiger partial charge < -0.3 is 10.2 Å². The minimum atomic E-state index is -0.570. The number of hydrogen-bond donors (Lipinski definition) is 1. The van der Waals surface area contributed by atoms with Crippen molar-refractivity contribution in [2.45, 2.75) is 45.1 Å². The van der Waals surface area contributed by atoms with Crippen molar-refractivity contribution in [3.63, 3.8) is 0 Å². The van der Waals surface area contributed by atoms with Crippen molar-refractivity contribution in [3.05, 3.63) is 23.6 Å². The summed E-state index contributed by atoms with van der Waals surface area (Å²) < 4.78 is 14.2. The van der Waals surface area contributed by atoms with Gasteiger partial charge in [0, 0.05) is 26.3 Å². The van der Waals surface area contributed by atoms with Crippen LogP contribution in [0.5, 0.6) is 0 Å². The molecule has 0 radical (unpaired) electrons. The van der Waals surface area contributed by atoms with Crippen LogP contribution in [0, 0.1) is 11.7 Å². The van der Waals surface area contributed by atoms with Crippen molar-refractivity contribution >= 4 is 11.7 Å². The van der Waals surface area contributed by atoms with Gasteiger partial charge in [-0.2, -0.15) is 0 Å². The zero-order valence-corrected chi connectivity index (χ0v) is 13.0. The Bertz CT molecular complexity index is 498. The van der Waals surface area contributed by atoms with E-state index in [1.54, 1.807) is 19.0 Å². The minimum absolute atomic E-state index is 0.0921. The van der Waals surface area contributed by atoms with Crippen LogP contribution in [0.2, 0.25) is 0 Å². The Balaban J connectivity index is 2.09. The summed E-state index contributed by atoms with van der Waals surface area (Å²) in [6.07, 6.45) is 6.98. The predicted molar refractivity (Wildman–Crippen MR) is 81.9 cm³/mol. The highest BCUT2D eigenvalue weighted by atomic mass is 19.1. The van der Waals surface area contributed by atoms with Crippen LogP contribution in [0.25, 0.3) is 0 Å². The SMILES string of the molecule is CCC1CCC(N(C)C(=O)c2ccnc(NC)c2F)CC1. The number of aromatic nitrogens is 1. The van der Waals surface area contributed by atoms with Crippen LogP contribution < -0.4 is 5.32 Å². The fourth-order valence-electron chi connectivity index (χ4n) is 3.08. The molecule has 1 saturated carbocycles. The highest BCUT2D eigenvalue weighted by Crippen LogP contribution is 2.30. The van der Waals surface area contributed by atoms with Crippen molar-refractivity contribution in [3.8, 4) is 0 Å². The molecular weight excluding hydrogens is 269 g/mol. The number of carbonyl (C=O) groups is 1. The van der Waals surface area contributed by atoms with Crippen LogP contribution in [0.15, 0.2) is 12.3 Å². The number of carbonyl (C=O) groups excluding carboxylic acids is 1. The first-order valence-corrected chi connectivity index (χ1v) is 7.67. The molecule has 1 aromatic heterocycles. The van der Waals surface area contributed by atoms with Gasteiger partial charge in [0.15, 0.2) is 11.6 Å². The fraction of sp³-hybridized carbons (Fsp3) is 0.625. The minimum Gasteiger partial charge on any atom is -0.371 e. The molecule has 1 amide bonds. The molecular formula is C16H24FN3O. The van der Waals surface area contributed by atoms with E-state index in [0.717, 1.165) is 31.6 Å². The molecule has 0 aliphatic heterocycles. The van der Waals surface area contributed by atoms with Gasteiger partial charge >= 0.3 is 0 Å². The van der Waals surface area contributed by atoms with Crippen molar-refractivity contribution in [2.75, 3.05) is 19.4 Å². The molecule has 1 fully saturated rings. The molecule has 0 unspecified atom stereocenters. The van der Waals surface area contributed by atoms with Gasteiger partial charge in [-0.15, -0.1) is 0 Å². The fourth-order valence-corrected chi connectivity index (χ4v) is 3.08. The first-order chi connectivity index (χ1) is 10.1. The predicted octanol–water partition coefficient (Wildman–Crippen LogP) is 3.30. The summed E-state index contributed by atoms with van der Waals surface area (Å²) in [5.74, 6) is 0.0627. The normalized spacial score (nSPS) is 21.9. The van der Waals surface area contributed by atoms with Crippen molar-refractivity contribution in [2.24, 2.45) is 5.92 Å². The summed E-state index contributed by atoms with van der Waals surface area (Å²) in [6, 6.07) is 1.66. The third-order valence-corrected chi connectivity index (χ3v) is 4.62. The highest BCUT2D eigenvalue weighted by molar-refractivity contribution is 5.95. The maximum Gasteiger partial charge on any atom is 0.257 e. The molecule has 1 N–H and O–H groups in total. The molecule has 116 valence electrons. The summed E-state index contributed by atoms with van der Waals surface area (Å²) in [5, 5.41) is 2.67. The Kier molecular flexibility index (Phi) is 5.15. The second-order valence-corrected chi connectivity index (χ2v) is 5.77. The van der Waals surface area contributed by atoms with Crippen LogP contribution >= 0.6 is 0 Å². The van der Waals surface area contributed by atoms with E-state index in [9.17, 15) is 9.18 Å². The van der Waals surface area contributed by atoms with Crippen molar-refractivity contribution in [1.29, 1.82) is 0 Å². The number of nitrogens with one attached hydrogen (secondary N) is 1. The van der Waals surface area contributed by atoms with E-state index in [1.807, 2.05) is 0 Å². The average molecular weight is 293 g/mol. The van der Waals surface area contributed by atoms with Crippen molar-refractivity contribution in [1.82, 2.24) is 9.88 Å². The number of anilines is 1. The van der Waals surface area contributed by atoms with E-state index in [2.05, 4.69) is 17.2 Å². The topological polar surface area (TPSA) is 45.2 Å². The van der Waals surface area contributed by atoms with Crippen LogP contribution in [0.1, 0.15) is 49.4 Å². The van der Waals surface area contributed by atoms with Gasteiger partial charge in [-0.1, -0.05) is 13.3 Å². The lowest BCUT2D eigenvalue weighted by Crippen LogP contribution is -2.39. The summed E-state index contributed by atoms with van der Waals surface area (Å²) in [5.41, 5.74) is 0.0921. The average Bonchev–Trinajstić information content (AvgIpc) is 2.54. The molecule has 4 nitrogen and oxygen atoms in total. The number of halogens is 1. The molecule has 2 rings (SSSR count). The van der Waals surface area contributed by atoms with E-state index in [1.165, 1.54) is 18.7 Å². The Morgan fingerprint density at radius 1 is 1.43 bits per heavy atom. The second-order valence-electron chi connectivity index (χ2n) is 5.77. The van der Waals surface area contributed by atoms with Gasteiger partial charge in [-0.25, -0.2) is 9.37 Å². The molecule has 1 aliphatic carbocycles. The molecule has 5 heteroatoms. The monoisotopic (exact) mass is 293 g/mol. The number of amides is 1. The van der Waals surface area contributed by atoms with Gasteiger partial charge in [-0.05, 0) is 37.7 Å². The molecule has 0 atom stereocenters. The highest BCUT2D eigenvalue weighted by Gasteiger charge is 2.28. The Morgan fingerprint density at radius 3 is 2.67 bits per heavy atom. The standard InChI is InChI=1S/C16H24FN3O/c1-4-11-5-7-12(8-6-11)20(3)16(21)13-9-10-19-15(18-2)14(13)17/h9-12H,4-8H2,1-3H3,(H,18,19). The quantitative estimate of drug-likeness (QED) is 0.926. The van der Waals surface area contributed by atoms with Crippen molar-refractivity contribution < 1.29 is 9.18 Å². The molecule has 0 bridgehead atoms. The lowest BCUT2D eigenvalue weighted by atomic mass is 9.84. The number of hydrogen-bond acceptors (Lipinski definition) is 3. The maximum atomic E-state index is 14.2. The second kappa shape index (κ2) is 6.87. The van der Waals surface area contributed by atoms with Gasteiger partial charge in [0.25, 0.3) is 5.91 Å². The van der Waals surface area contributed by atoms with Crippen LogP contribution in [-0.4, -0.2) is 35.9 Å². The lowest BCUT2D eigenvalue weighted by molar-refractivity contribution is 0.0670. The molecule has 0 spiro atoms. The van der Waals surface area contributed by atoms with E-state index >= 15 is 0 Å². The molecule has 1 heterocycles. The Hall–Kier alpha value is -1.65. The van der Waals surface area contributed by atoms with Crippen LogP contribution in [-0.2, 0) is 0 Å². The number of rotatable bonds is 4. The first-order valence-electron chi connectivity index (χ1n) is 7.67. The molecule has 0 saturated heterocycles. The summed E-state index contributed by atoms with van der Waals surface area (Å²) in [4.78, 5) is 18.1. The smallest absolute Gasteiger partial charge is 0.257 e. The summed E-state index contributed by atoms with van der Waals surface area (Å²) >= 11 is 0. The van der Waals surface area contributed by atoms with E-state index in [4.69, 9.17) is 0 Å². The first kappa shape index (κ1) is 15.7. The third-order valence-electron chi connectivity index (χ3n) is 4.62. The van der Waals surface area contributed by atoms with Gasteiger partial charge in [-0.3, -0.25) is 4.79 Å². The number of nitrogens with zero attached hydrogens (tertiary/aromatic N) is 2. The summed E-state index contributed by atoms with van der Waals surface area (Å²) in [6.45, 7) is 2.21. The van der Waals surface area contributed by atoms with E-state index in [-0.39, 0.29) is 23.3 Å². The summed E-state index contributed by atoms with van der Waals surface area (Å²) in [7, 11) is 3.37. The molecule has 21 heavy (non-hydrogen) atoms. The van der Waals surface area contributed by atoms with Crippen LogP contribution in [0.4, 0.5) is 10.2 Å². The van der Waals surface area contributed by atoms with Crippen LogP contribution in [0.3, 0.4) is 0 Å². The number of pyridine rings is 1. The molecule has 1 aliphatic rings. The largest absolute Gasteiger partial charge is 0.371 e. The van der Waals surface area contributed by atoms with Gasteiger partial charge in [0.05, 0.1) is 5.56 Å². The van der Waals surface area contributed by atoms with E-state index < -0.39 is 5.82 Å². The van der Waals surface area contributed by atoms with E-state index in [0.29, 0.717) is 0 Å². The Labute approximate surface area is 125 Å². The zero-order chi connectivity index (χ0) is 15.4.